The lowest BCUT2D eigenvalue weighted by Gasteiger charge is -2.04. The van der Waals surface area contributed by atoms with Gasteiger partial charge in [0.2, 0.25) is 0 Å². The van der Waals surface area contributed by atoms with Gasteiger partial charge in [-0.05, 0) is 13.0 Å². The summed E-state index contributed by atoms with van der Waals surface area (Å²) in [5.41, 5.74) is 0.812. The van der Waals surface area contributed by atoms with Gasteiger partial charge in [0.05, 0.1) is 4.92 Å². The molecular weight excluding hydrogens is 276 g/mol. The molecule has 1 aromatic rings. The Balaban J connectivity index is 2.94. The Hall–Kier alpha value is -1.43. The maximum Gasteiger partial charge on any atom is 0.273 e. The second kappa shape index (κ2) is 5.60. The third-order valence-corrected chi connectivity index (χ3v) is 2.44. The lowest BCUT2D eigenvalue weighted by Crippen LogP contribution is -2.25. The maximum atomic E-state index is 11.5. The average molecular weight is 287 g/mol. The number of rotatable bonds is 4. The van der Waals surface area contributed by atoms with Crippen molar-refractivity contribution < 1.29 is 9.72 Å². The molecule has 0 bridgehead atoms. The summed E-state index contributed by atoms with van der Waals surface area (Å²) >= 11 is 3.18. The SMILES string of the molecule is Cc1ccc(C(=O)NCCBr)cc1[N+](=O)[O-]. The Bertz CT molecular complexity index is 421. The topological polar surface area (TPSA) is 72.2 Å². The zero-order chi connectivity index (χ0) is 12.1. The van der Waals surface area contributed by atoms with Gasteiger partial charge >= 0.3 is 0 Å². The fourth-order valence-electron chi connectivity index (χ4n) is 1.21. The molecule has 0 atom stereocenters. The first-order valence-electron chi connectivity index (χ1n) is 4.65. The zero-order valence-electron chi connectivity index (χ0n) is 8.70. The van der Waals surface area contributed by atoms with Crippen molar-refractivity contribution >= 4 is 27.5 Å². The van der Waals surface area contributed by atoms with Crippen molar-refractivity contribution in [1.29, 1.82) is 0 Å². The summed E-state index contributed by atoms with van der Waals surface area (Å²) in [6.45, 7) is 2.12. The zero-order valence-corrected chi connectivity index (χ0v) is 10.3. The van der Waals surface area contributed by atoms with Gasteiger partial charge in [-0.15, -0.1) is 0 Å². The van der Waals surface area contributed by atoms with Gasteiger partial charge in [-0.2, -0.15) is 0 Å². The summed E-state index contributed by atoms with van der Waals surface area (Å²) < 4.78 is 0. The average Bonchev–Trinajstić information content (AvgIpc) is 2.26. The second-order valence-corrected chi connectivity index (χ2v) is 4.00. The van der Waals surface area contributed by atoms with Gasteiger partial charge in [-0.3, -0.25) is 14.9 Å². The van der Waals surface area contributed by atoms with Gasteiger partial charge in [0.15, 0.2) is 0 Å². The summed E-state index contributed by atoms with van der Waals surface area (Å²) in [6, 6.07) is 4.44. The van der Waals surface area contributed by atoms with Crippen molar-refractivity contribution in [2.75, 3.05) is 11.9 Å². The van der Waals surface area contributed by atoms with Crippen LogP contribution in [0.25, 0.3) is 0 Å². The number of nitro groups is 1. The number of hydrogen-bond acceptors (Lipinski definition) is 3. The minimum Gasteiger partial charge on any atom is -0.351 e. The van der Waals surface area contributed by atoms with E-state index >= 15 is 0 Å². The number of carbonyl (C=O) groups is 1. The van der Waals surface area contributed by atoms with E-state index in [-0.39, 0.29) is 11.6 Å². The predicted octanol–water partition coefficient (Wildman–Crippen LogP) is 2.03. The van der Waals surface area contributed by atoms with Crippen LogP contribution in [0, 0.1) is 17.0 Å². The summed E-state index contributed by atoms with van der Waals surface area (Å²) in [7, 11) is 0. The van der Waals surface area contributed by atoms with Crippen LogP contribution in [0.1, 0.15) is 15.9 Å². The van der Waals surface area contributed by atoms with Gasteiger partial charge in [-0.1, -0.05) is 22.0 Å². The third kappa shape index (κ3) is 3.03. The third-order valence-electron chi connectivity index (χ3n) is 2.05. The molecule has 0 spiro atoms. The van der Waals surface area contributed by atoms with Crippen molar-refractivity contribution in [3.8, 4) is 0 Å². The van der Waals surface area contributed by atoms with Gasteiger partial charge in [0.25, 0.3) is 11.6 Å². The standard InChI is InChI=1S/C10H11BrN2O3/c1-7-2-3-8(6-9(7)13(15)16)10(14)12-5-4-11/h2-3,6H,4-5H2,1H3,(H,12,14). The number of aryl methyl sites for hydroxylation is 1. The molecule has 0 saturated carbocycles. The highest BCUT2D eigenvalue weighted by atomic mass is 79.9. The number of nitro benzene ring substituents is 1. The van der Waals surface area contributed by atoms with E-state index in [1.54, 1.807) is 19.1 Å². The minimum absolute atomic E-state index is 0.0357. The van der Waals surface area contributed by atoms with E-state index in [0.717, 1.165) is 0 Å². The largest absolute Gasteiger partial charge is 0.351 e. The van der Waals surface area contributed by atoms with Crippen molar-refractivity contribution in [2.24, 2.45) is 0 Å². The molecule has 0 aliphatic rings. The molecule has 1 rings (SSSR count). The Morgan fingerprint density at radius 1 is 1.56 bits per heavy atom. The summed E-state index contributed by atoms with van der Waals surface area (Å²) in [5, 5.41) is 13.9. The molecule has 0 radical (unpaired) electrons. The van der Waals surface area contributed by atoms with Gasteiger partial charge in [-0.25, -0.2) is 0 Å². The molecule has 6 heteroatoms. The molecule has 1 amide bonds. The van der Waals surface area contributed by atoms with E-state index in [1.165, 1.54) is 6.07 Å². The number of hydrogen-bond donors (Lipinski definition) is 1. The van der Waals surface area contributed by atoms with Crippen LogP contribution in [-0.4, -0.2) is 22.7 Å². The number of amides is 1. The lowest BCUT2D eigenvalue weighted by atomic mass is 10.1. The quantitative estimate of drug-likeness (QED) is 0.523. The van der Waals surface area contributed by atoms with E-state index in [1.807, 2.05) is 0 Å². The highest BCUT2D eigenvalue weighted by Gasteiger charge is 2.14. The normalized spacial score (nSPS) is 9.88. The van der Waals surface area contributed by atoms with Crippen LogP contribution in [0.15, 0.2) is 18.2 Å². The van der Waals surface area contributed by atoms with Crippen LogP contribution in [-0.2, 0) is 0 Å². The first-order valence-corrected chi connectivity index (χ1v) is 5.77. The monoisotopic (exact) mass is 286 g/mol. The summed E-state index contributed by atoms with van der Waals surface area (Å²) in [6.07, 6.45) is 0. The van der Waals surface area contributed by atoms with Crippen LogP contribution >= 0.6 is 15.9 Å². The van der Waals surface area contributed by atoms with Crippen molar-refractivity contribution in [3.63, 3.8) is 0 Å². The van der Waals surface area contributed by atoms with Gasteiger partial charge in [0, 0.05) is 29.1 Å². The van der Waals surface area contributed by atoms with Crippen molar-refractivity contribution in [2.45, 2.75) is 6.92 Å². The van der Waals surface area contributed by atoms with Gasteiger partial charge < -0.3 is 5.32 Å². The number of benzene rings is 1. The molecule has 0 heterocycles. The first-order chi connectivity index (χ1) is 7.56. The Morgan fingerprint density at radius 3 is 2.81 bits per heavy atom. The Morgan fingerprint density at radius 2 is 2.25 bits per heavy atom. The molecule has 0 saturated heterocycles. The number of nitrogens with one attached hydrogen (secondary N) is 1. The molecule has 5 nitrogen and oxygen atoms in total. The molecular formula is C10H11BrN2O3. The number of nitrogens with zero attached hydrogens (tertiary/aromatic N) is 1. The molecule has 0 aliphatic heterocycles. The maximum absolute atomic E-state index is 11.5. The van der Waals surface area contributed by atoms with E-state index in [0.29, 0.717) is 23.0 Å². The first kappa shape index (κ1) is 12.6. The van der Waals surface area contributed by atoms with Crippen molar-refractivity contribution in [1.82, 2.24) is 5.32 Å². The minimum atomic E-state index is -0.489. The van der Waals surface area contributed by atoms with E-state index in [4.69, 9.17) is 0 Å². The molecule has 0 aromatic heterocycles. The molecule has 0 aliphatic carbocycles. The second-order valence-electron chi connectivity index (χ2n) is 3.20. The number of carbonyl (C=O) groups excluding carboxylic acids is 1. The van der Waals surface area contributed by atoms with Crippen LogP contribution in [0.2, 0.25) is 0 Å². The van der Waals surface area contributed by atoms with Crippen LogP contribution < -0.4 is 5.32 Å². The molecule has 16 heavy (non-hydrogen) atoms. The molecule has 0 fully saturated rings. The Kier molecular flexibility index (Phi) is 4.42. The highest BCUT2D eigenvalue weighted by Crippen LogP contribution is 2.18. The van der Waals surface area contributed by atoms with E-state index < -0.39 is 4.92 Å². The van der Waals surface area contributed by atoms with Gasteiger partial charge in [0.1, 0.15) is 0 Å². The summed E-state index contributed by atoms with van der Waals surface area (Å²) in [5.74, 6) is -0.303. The smallest absolute Gasteiger partial charge is 0.273 e. The van der Waals surface area contributed by atoms with Crippen LogP contribution in [0.3, 0.4) is 0 Å². The van der Waals surface area contributed by atoms with Crippen LogP contribution in [0.5, 0.6) is 0 Å². The molecule has 86 valence electrons. The van der Waals surface area contributed by atoms with Crippen molar-refractivity contribution in [3.05, 3.63) is 39.4 Å². The number of halogens is 1. The predicted molar refractivity (Wildman–Crippen MR) is 64.0 cm³/mol. The summed E-state index contributed by atoms with van der Waals surface area (Å²) in [4.78, 5) is 21.7. The fourth-order valence-corrected chi connectivity index (χ4v) is 1.41. The Labute approximate surface area is 101 Å². The number of alkyl halides is 1. The molecule has 0 unspecified atom stereocenters. The van der Waals surface area contributed by atoms with E-state index in [9.17, 15) is 14.9 Å². The molecule has 1 aromatic carbocycles. The highest BCUT2D eigenvalue weighted by molar-refractivity contribution is 9.09. The van der Waals surface area contributed by atoms with E-state index in [2.05, 4.69) is 21.2 Å². The fraction of sp³-hybridized carbons (Fsp3) is 0.300. The molecule has 1 N–H and O–H groups in total. The lowest BCUT2D eigenvalue weighted by molar-refractivity contribution is -0.385. The van der Waals surface area contributed by atoms with Crippen LogP contribution in [0.4, 0.5) is 5.69 Å².